The van der Waals surface area contributed by atoms with E-state index in [0.29, 0.717) is 0 Å². The van der Waals surface area contributed by atoms with Gasteiger partial charge >= 0.3 is 0 Å². The second kappa shape index (κ2) is 9.42. The normalized spacial score (nSPS) is 12.5. The Balaban J connectivity index is 1.50. The Morgan fingerprint density at radius 1 is 0.744 bits per heavy atom. The molecule has 0 saturated carbocycles. The third-order valence-corrected chi connectivity index (χ3v) is 8.59. The zero-order valence-electron chi connectivity index (χ0n) is 23.6. The molecular weight excluding hydrogens is 534 g/mol. The van der Waals surface area contributed by atoms with Crippen LogP contribution in [0, 0.1) is 24.0 Å². The largest absolute Gasteiger partial charge is 0.361 e. The first kappa shape index (κ1) is 25.1. The number of nitrogens with zero attached hydrogens (tertiary/aromatic N) is 2. The third-order valence-electron chi connectivity index (χ3n) is 8.59. The van der Waals surface area contributed by atoms with Gasteiger partial charge in [-0.3, -0.25) is 10.1 Å². The number of nitrogens with one attached hydrogen (secondary N) is 3. The van der Waals surface area contributed by atoms with Gasteiger partial charge in [-0.1, -0.05) is 66.2 Å². The van der Waals surface area contributed by atoms with Crippen LogP contribution in [0.15, 0.2) is 103 Å². The van der Waals surface area contributed by atoms with Crippen LogP contribution in [0.25, 0.3) is 54.9 Å². The van der Waals surface area contributed by atoms with E-state index in [4.69, 9.17) is 4.98 Å². The lowest BCUT2D eigenvalue weighted by Gasteiger charge is -2.19. The number of hydrogen-bond donors (Lipinski definition) is 3. The summed E-state index contributed by atoms with van der Waals surface area (Å²) in [6.45, 7) is 4.17. The Kier molecular flexibility index (Phi) is 5.49. The Hall–Kier alpha value is -5.69. The number of aryl methyl sites for hydroxylation is 2. The average Bonchev–Trinajstić information content (AvgIpc) is 3.71. The summed E-state index contributed by atoms with van der Waals surface area (Å²) in [7, 11) is 0. The van der Waals surface area contributed by atoms with Crippen molar-refractivity contribution < 1.29 is 4.92 Å². The van der Waals surface area contributed by atoms with E-state index in [1.165, 1.54) is 5.56 Å². The van der Waals surface area contributed by atoms with E-state index in [1.54, 1.807) is 18.2 Å². The highest BCUT2D eigenvalue weighted by atomic mass is 16.6. The van der Waals surface area contributed by atoms with Crippen molar-refractivity contribution >= 4 is 49.3 Å². The van der Waals surface area contributed by atoms with Crippen molar-refractivity contribution in [1.82, 2.24) is 19.9 Å². The van der Waals surface area contributed by atoms with Gasteiger partial charge in [0.1, 0.15) is 0 Å². The number of aromatic amines is 3. The van der Waals surface area contributed by atoms with Crippen molar-refractivity contribution in [3.05, 3.63) is 141 Å². The number of pyridine rings is 1. The molecule has 0 fully saturated rings. The molecule has 1 unspecified atom stereocenters. The summed E-state index contributed by atoms with van der Waals surface area (Å²) in [5.41, 5.74) is 11.0. The van der Waals surface area contributed by atoms with E-state index < -0.39 is 0 Å². The number of fused-ring (bicyclic) bond motifs is 5. The number of nitro benzene ring substituents is 1. The number of para-hydroxylation sites is 2. The van der Waals surface area contributed by atoms with Crippen molar-refractivity contribution in [2.24, 2.45) is 0 Å². The maximum Gasteiger partial charge on any atom is 0.270 e. The molecule has 0 aliphatic heterocycles. The van der Waals surface area contributed by atoms with Gasteiger partial charge in [0.15, 0.2) is 0 Å². The molecule has 4 heterocycles. The third kappa shape index (κ3) is 3.93. The van der Waals surface area contributed by atoms with Gasteiger partial charge in [0.2, 0.25) is 0 Å². The molecule has 7 nitrogen and oxygen atoms in total. The van der Waals surface area contributed by atoms with Crippen LogP contribution in [0.4, 0.5) is 5.69 Å². The van der Waals surface area contributed by atoms with Crippen LogP contribution in [0.2, 0.25) is 0 Å². The molecule has 0 aliphatic rings. The lowest BCUT2D eigenvalue weighted by atomic mass is 9.85. The molecule has 0 bridgehead atoms. The Labute approximate surface area is 246 Å². The molecule has 0 spiro atoms. The smallest absolute Gasteiger partial charge is 0.270 e. The molecule has 0 aliphatic carbocycles. The summed E-state index contributed by atoms with van der Waals surface area (Å²) < 4.78 is 0. The molecule has 8 aromatic rings. The first-order valence-electron chi connectivity index (χ1n) is 14.3. The van der Waals surface area contributed by atoms with Crippen LogP contribution in [-0.4, -0.2) is 24.9 Å². The van der Waals surface area contributed by atoms with Crippen LogP contribution < -0.4 is 0 Å². The van der Waals surface area contributed by atoms with Gasteiger partial charge in [0, 0.05) is 67.7 Å². The maximum absolute atomic E-state index is 11.8. The second-order valence-electron chi connectivity index (χ2n) is 11.2. The number of benzene rings is 4. The van der Waals surface area contributed by atoms with E-state index in [0.717, 1.165) is 77.4 Å². The Morgan fingerprint density at radius 2 is 1.47 bits per heavy atom. The lowest BCUT2D eigenvalue weighted by molar-refractivity contribution is -0.384. The van der Waals surface area contributed by atoms with Crippen molar-refractivity contribution in [1.29, 1.82) is 0 Å². The lowest BCUT2D eigenvalue weighted by Crippen LogP contribution is -2.07. The second-order valence-corrected chi connectivity index (χ2v) is 11.2. The number of H-pyrrole nitrogens is 3. The predicted molar refractivity (Wildman–Crippen MR) is 173 cm³/mol. The quantitative estimate of drug-likeness (QED) is 0.144. The SMILES string of the molecule is Cc1ccc(-c2nc(C(c3c[nH]c4ccc([N+](=O)[O-])cc34)c3c(C)[nH]c4ccccc34)cc3c2[nH]c2ccccc23)cc1. The Morgan fingerprint density at radius 3 is 2.23 bits per heavy atom. The van der Waals surface area contributed by atoms with E-state index >= 15 is 0 Å². The summed E-state index contributed by atoms with van der Waals surface area (Å²) in [6, 6.07) is 32.2. The minimum absolute atomic E-state index is 0.0585. The summed E-state index contributed by atoms with van der Waals surface area (Å²) in [6.07, 6.45) is 1.98. The van der Waals surface area contributed by atoms with Crippen molar-refractivity contribution in [2.45, 2.75) is 19.8 Å². The minimum atomic E-state index is -0.339. The van der Waals surface area contributed by atoms with E-state index in [2.05, 4.69) is 89.5 Å². The van der Waals surface area contributed by atoms with Crippen molar-refractivity contribution in [3.63, 3.8) is 0 Å². The van der Waals surface area contributed by atoms with Gasteiger partial charge in [0.25, 0.3) is 5.69 Å². The first-order chi connectivity index (χ1) is 21.0. The highest BCUT2D eigenvalue weighted by Crippen LogP contribution is 2.43. The van der Waals surface area contributed by atoms with E-state index in [9.17, 15) is 10.1 Å². The number of aromatic nitrogens is 4. The molecule has 0 radical (unpaired) electrons. The fourth-order valence-corrected chi connectivity index (χ4v) is 6.55. The fourth-order valence-electron chi connectivity index (χ4n) is 6.55. The highest BCUT2D eigenvalue weighted by molar-refractivity contribution is 6.11. The summed E-state index contributed by atoms with van der Waals surface area (Å²) >= 11 is 0. The zero-order chi connectivity index (χ0) is 29.2. The summed E-state index contributed by atoms with van der Waals surface area (Å²) in [4.78, 5) is 27.5. The fraction of sp³-hybridized carbons (Fsp3) is 0.0833. The van der Waals surface area contributed by atoms with Crippen molar-refractivity contribution in [3.8, 4) is 11.3 Å². The van der Waals surface area contributed by atoms with Gasteiger partial charge in [-0.05, 0) is 49.2 Å². The van der Waals surface area contributed by atoms with E-state index in [1.807, 2.05) is 24.4 Å². The molecule has 43 heavy (non-hydrogen) atoms. The Bertz CT molecular complexity index is 2360. The minimum Gasteiger partial charge on any atom is -0.361 e. The molecule has 4 aromatic heterocycles. The molecule has 7 heteroatoms. The molecular formula is C36H27N5O2. The summed E-state index contributed by atoms with van der Waals surface area (Å²) in [5.74, 6) is -0.311. The number of hydrogen-bond acceptors (Lipinski definition) is 3. The van der Waals surface area contributed by atoms with Gasteiger partial charge in [-0.15, -0.1) is 0 Å². The average molecular weight is 562 g/mol. The van der Waals surface area contributed by atoms with Crippen LogP contribution in [0.1, 0.15) is 34.0 Å². The van der Waals surface area contributed by atoms with Gasteiger partial charge in [-0.2, -0.15) is 0 Å². The number of rotatable bonds is 5. The van der Waals surface area contributed by atoms with Crippen molar-refractivity contribution in [2.75, 3.05) is 0 Å². The monoisotopic (exact) mass is 561 g/mol. The van der Waals surface area contributed by atoms with Gasteiger partial charge in [-0.25, -0.2) is 4.98 Å². The van der Waals surface area contributed by atoms with Crippen LogP contribution in [-0.2, 0) is 0 Å². The van der Waals surface area contributed by atoms with Gasteiger partial charge in [0.05, 0.1) is 27.7 Å². The molecule has 3 N–H and O–H groups in total. The summed E-state index contributed by atoms with van der Waals surface area (Å²) in [5, 5.41) is 15.9. The van der Waals surface area contributed by atoms with Crippen LogP contribution >= 0.6 is 0 Å². The first-order valence-corrected chi connectivity index (χ1v) is 14.3. The number of nitro groups is 1. The maximum atomic E-state index is 11.8. The molecule has 208 valence electrons. The molecule has 8 rings (SSSR count). The molecule has 4 aromatic carbocycles. The standard InChI is InChI=1S/C36H27N5O2/c1-20-11-13-22(14-12-20)35-36-27(24-7-3-5-9-30(24)39-36)18-32(40-35)34(33-21(2)38-31-10-6-4-8-25(31)33)28-19-37-29-16-15-23(41(42)43)17-26(28)29/h3-19,34,37-39H,1-2H3. The van der Waals surface area contributed by atoms with E-state index in [-0.39, 0.29) is 16.5 Å². The van der Waals surface area contributed by atoms with Crippen LogP contribution in [0.5, 0.6) is 0 Å². The molecule has 0 saturated heterocycles. The topological polar surface area (TPSA) is 103 Å². The molecule has 1 atom stereocenters. The highest BCUT2D eigenvalue weighted by Gasteiger charge is 2.29. The number of non-ortho nitro benzene ring substituents is 1. The van der Waals surface area contributed by atoms with Crippen LogP contribution in [0.3, 0.4) is 0 Å². The molecule has 0 amide bonds. The predicted octanol–water partition coefficient (Wildman–Crippen LogP) is 9.05. The van der Waals surface area contributed by atoms with Gasteiger partial charge < -0.3 is 15.0 Å². The zero-order valence-corrected chi connectivity index (χ0v) is 23.6.